The van der Waals surface area contributed by atoms with Gasteiger partial charge in [-0.2, -0.15) is 0 Å². The van der Waals surface area contributed by atoms with Gasteiger partial charge >= 0.3 is 11.4 Å². The molecule has 2 aliphatic carbocycles. The fourth-order valence-corrected chi connectivity index (χ4v) is 5.99. The van der Waals surface area contributed by atoms with Gasteiger partial charge in [0.15, 0.2) is 0 Å². The van der Waals surface area contributed by atoms with E-state index in [4.69, 9.17) is 4.74 Å². The van der Waals surface area contributed by atoms with E-state index in [1.807, 2.05) is 11.8 Å². The van der Waals surface area contributed by atoms with Crippen molar-refractivity contribution < 1.29 is 24.6 Å². The second-order valence-electron chi connectivity index (χ2n) is 9.08. The molecule has 0 unspecified atom stereocenters. The molecule has 1 N–H and O–H groups in total. The van der Waals surface area contributed by atoms with Crippen LogP contribution in [0.2, 0.25) is 0 Å². The zero-order valence-electron chi connectivity index (χ0n) is 17.6. The molecule has 30 heavy (non-hydrogen) atoms. The number of amides is 1. The van der Waals surface area contributed by atoms with Gasteiger partial charge in [0.25, 0.3) is 10.7 Å². The maximum atomic E-state index is 13.2. The first kappa shape index (κ1) is 20.6. The predicted octanol–water partition coefficient (Wildman–Crippen LogP) is 3.64. The molecule has 4 rings (SSSR count). The highest BCUT2D eigenvalue weighted by Gasteiger charge is 2.55. The standard InChI is InChI=1S/C21H28N3O6/c1-12-15-10-14-11-16(23(26)27)19(30-3)18(24(28)29)17(14)21(12,2)8-9-22(15)20(25)13-6-4-5-7-13/h11-13,15H,4-10H2,1-3H3,(H,26,27)/q+1/t12-,15+,21+/m0/s1. The largest absolute Gasteiger partial charge is 0.485 e. The van der Waals surface area contributed by atoms with Gasteiger partial charge in [0.1, 0.15) is 0 Å². The van der Waals surface area contributed by atoms with Crippen LogP contribution in [0.3, 0.4) is 0 Å². The number of nitro benzene ring substituents is 1. The van der Waals surface area contributed by atoms with Gasteiger partial charge in [0.05, 0.1) is 16.9 Å². The number of hydrogen-bond acceptors (Lipinski definition) is 5. The minimum atomic E-state index is -0.540. The summed E-state index contributed by atoms with van der Waals surface area (Å²) in [5, 5.41) is 21.6. The van der Waals surface area contributed by atoms with Crippen LogP contribution in [0, 0.1) is 26.9 Å². The number of carbonyl (C=O) groups is 1. The van der Waals surface area contributed by atoms with E-state index in [0.717, 1.165) is 25.7 Å². The van der Waals surface area contributed by atoms with Crippen molar-refractivity contribution in [2.45, 2.75) is 63.8 Å². The smallest absolute Gasteiger partial charge is 0.365 e. The fraction of sp³-hybridized carbons (Fsp3) is 0.667. The Bertz CT molecular complexity index is 926. The molecule has 1 heterocycles. The van der Waals surface area contributed by atoms with Crippen LogP contribution >= 0.6 is 0 Å². The van der Waals surface area contributed by atoms with Crippen LogP contribution in [0.4, 0.5) is 11.4 Å². The molecule has 2 bridgehead atoms. The molecule has 3 aliphatic rings. The summed E-state index contributed by atoms with van der Waals surface area (Å²) < 4.78 is 5.20. The van der Waals surface area contributed by atoms with E-state index < -0.39 is 10.3 Å². The van der Waals surface area contributed by atoms with Crippen molar-refractivity contribution in [1.29, 1.82) is 0 Å². The molecule has 9 heteroatoms. The quantitative estimate of drug-likeness (QED) is 0.590. The van der Waals surface area contributed by atoms with E-state index in [2.05, 4.69) is 6.92 Å². The summed E-state index contributed by atoms with van der Waals surface area (Å²) in [6.07, 6.45) is 5.02. The summed E-state index contributed by atoms with van der Waals surface area (Å²) in [5.41, 5.74) is 0.104. The van der Waals surface area contributed by atoms with Gasteiger partial charge in [-0.25, -0.2) is 5.21 Å². The molecular formula is C21H28N3O6+. The van der Waals surface area contributed by atoms with Crippen LogP contribution in [0.5, 0.6) is 5.75 Å². The van der Waals surface area contributed by atoms with Gasteiger partial charge in [-0.3, -0.25) is 14.9 Å². The summed E-state index contributed by atoms with van der Waals surface area (Å²) in [5.74, 6) is 0.0346. The first-order valence-corrected chi connectivity index (χ1v) is 10.6. The van der Waals surface area contributed by atoms with Crippen LogP contribution < -0.4 is 4.74 Å². The van der Waals surface area contributed by atoms with Crippen molar-refractivity contribution in [2.24, 2.45) is 11.8 Å². The molecule has 1 saturated carbocycles. The third kappa shape index (κ3) is 2.86. The summed E-state index contributed by atoms with van der Waals surface area (Å²) in [4.78, 5) is 38.0. The van der Waals surface area contributed by atoms with E-state index in [1.54, 1.807) is 0 Å². The predicted molar refractivity (Wildman–Crippen MR) is 107 cm³/mol. The number of hydrogen-bond donors (Lipinski definition) is 1. The van der Waals surface area contributed by atoms with Crippen LogP contribution in [0.15, 0.2) is 6.07 Å². The highest BCUT2D eigenvalue weighted by Crippen LogP contribution is 2.55. The number of benzene rings is 1. The number of ether oxygens (including phenoxy) is 1. The van der Waals surface area contributed by atoms with E-state index in [1.165, 1.54) is 13.2 Å². The zero-order chi connectivity index (χ0) is 21.8. The number of piperidine rings is 1. The Labute approximate surface area is 174 Å². The van der Waals surface area contributed by atoms with Crippen molar-refractivity contribution in [3.8, 4) is 5.75 Å². The van der Waals surface area contributed by atoms with Crippen molar-refractivity contribution in [1.82, 2.24) is 4.90 Å². The van der Waals surface area contributed by atoms with Crippen molar-refractivity contribution in [3.05, 3.63) is 32.2 Å². The lowest BCUT2D eigenvalue weighted by Gasteiger charge is -2.54. The van der Waals surface area contributed by atoms with Crippen LogP contribution in [0.1, 0.15) is 57.1 Å². The van der Waals surface area contributed by atoms with Crippen molar-refractivity contribution in [3.63, 3.8) is 0 Å². The lowest BCUT2D eigenvalue weighted by molar-refractivity contribution is -0.730. The molecule has 1 aromatic carbocycles. The number of methoxy groups -OCH3 is 1. The summed E-state index contributed by atoms with van der Waals surface area (Å²) >= 11 is 0. The molecule has 1 aliphatic heterocycles. The Morgan fingerprint density at radius 1 is 1.33 bits per heavy atom. The third-order valence-corrected chi connectivity index (χ3v) is 7.75. The van der Waals surface area contributed by atoms with Gasteiger partial charge in [-0.15, -0.1) is 0 Å². The third-order valence-electron chi connectivity index (χ3n) is 7.75. The average Bonchev–Trinajstić information content (AvgIpc) is 3.23. The van der Waals surface area contributed by atoms with Gasteiger partial charge in [0.2, 0.25) is 5.91 Å². The van der Waals surface area contributed by atoms with Crippen LogP contribution in [-0.2, 0) is 16.6 Å². The maximum absolute atomic E-state index is 13.2. The number of nitrogens with zero attached hydrogens (tertiary/aromatic N) is 3. The maximum Gasteiger partial charge on any atom is 0.365 e. The fourth-order valence-electron chi connectivity index (χ4n) is 5.99. The molecule has 0 spiro atoms. The molecule has 9 nitrogen and oxygen atoms in total. The SMILES string of the molecule is COc1c([N+](=O)O)cc2c(c1[N+](=O)[O-])[C@]1(C)CCN(C(=O)C3CCCC3)[C@H](C2)[C@@H]1C. The molecule has 162 valence electrons. The highest BCUT2D eigenvalue weighted by molar-refractivity contribution is 5.80. The normalized spacial score (nSPS) is 28.2. The molecule has 1 saturated heterocycles. The Morgan fingerprint density at radius 2 is 2.00 bits per heavy atom. The average molecular weight is 418 g/mol. The van der Waals surface area contributed by atoms with Crippen molar-refractivity contribution in [2.75, 3.05) is 13.7 Å². The lowest BCUT2D eigenvalue weighted by atomic mass is 9.58. The number of carbonyl (C=O) groups excluding carboxylic acids is 1. The first-order chi connectivity index (χ1) is 14.2. The number of nitro groups is 1. The highest BCUT2D eigenvalue weighted by atomic mass is 16.6. The van der Waals surface area contributed by atoms with Gasteiger partial charge in [0, 0.05) is 35.5 Å². The Hall–Kier alpha value is -2.71. The van der Waals surface area contributed by atoms with Crippen molar-refractivity contribution >= 4 is 17.3 Å². The summed E-state index contributed by atoms with van der Waals surface area (Å²) in [6, 6.07) is 1.39. The van der Waals surface area contributed by atoms with E-state index >= 15 is 0 Å². The van der Waals surface area contributed by atoms with Gasteiger partial charge in [-0.05, 0) is 37.2 Å². The van der Waals surface area contributed by atoms with Gasteiger partial charge in [-0.1, -0.05) is 26.7 Å². The molecule has 0 radical (unpaired) electrons. The number of likely N-dealkylation sites (tertiary alicyclic amines) is 1. The molecular weight excluding hydrogens is 390 g/mol. The molecule has 2 fully saturated rings. The first-order valence-electron chi connectivity index (χ1n) is 10.6. The number of rotatable bonds is 4. The Balaban J connectivity index is 1.85. The Kier molecular flexibility index (Phi) is 4.94. The molecule has 0 aromatic heterocycles. The summed E-state index contributed by atoms with van der Waals surface area (Å²) in [6.45, 7) is 4.62. The van der Waals surface area contributed by atoms with Crippen LogP contribution in [0.25, 0.3) is 0 Å². The number of fused-ring (bicyclic) bond motifs is 4. The van der Waals surface area contributed by atoms with E-state index in [-0.39, 0.29) is 45.8 Å². The second kappa shape index (κ2) is 7.21. The molecule has 1 aromatic rings. The second-order valence-corrected chi connectivity index (χ2v) is 9.08. The zero-order valence-corrected chi connectivity index (χ0v) is 17.6. The van der Waals surface area contributed by atoms with Gasteiger partial charge < -0.3 is 9.64 Å². The van der Waals surface area contributed by atoms with Crippen LogP contribution in [-0.4, -0.2) is 45.6 Å². The minimum Gasteiger partial charge on any atom is -0.485 e. The monoisotopic (exact) mass is 418 g/mol. The van der Waals surface area contributed by atoms with E-state index in [0.29, 0.717) is 30.5 Å². The van der Waals surface area contributed by atoms with E-state index in [9.17, 15) is 25.0 Å². The minimum absolute atomic E-state index is 0.0100. The molecule has 3 atom stereocenters. The molecule has 1 amide bonds. The lowest BCUT2D eigenvalue weighted by Crippen LogP contribution is -2.60. The topological polar surface area (TPSA) is 113 Å². The summed E-state index contributed by atoms with van der Waals surface area (Å²) in [7, 11) is 1.25. The Morgan fingerprint density at radius 3 is 2.57 bits per heavy atom.